The second kappa shape index (κ2) is 10.7. The van der Waals surface area contributed by atoms with Crippen LogP contribution in [0.3, 0.4) is 0 Å². The summed E-state index contributed by atoms with van der Waals surface area (Å²) in [5.41, 5.74) is 0.833. The summed E-state index contributed by atoms with van der Waals surface area (Å²) in [5, 5.41) is 17.7. The van der Waals surface area contributed by atoms with Crippen molar-refractivity contribution in [1.82, 2.24) is 35.5 Å². The van der Waals surface area contributed by atoms with Gasteiger partial charge in [0.1, 0.15) is 11.5 Å². The molecule has 3 rings (SSSR count). The summed E-state index contributed by atoms with van der Waals surface area (Å²) in [7, 11) is 0. The number of hydrogen-bond donors (Lipinski definition) is 3. The number of tetrazole rings is 1. The Bertz CT molecular complexity index is 973. The number of aromatic amines is 1. The van der Waals surface area contributed by atoms with Gasteiger partial charge in [0.25, 0.3) is 5.91 Å². The summed E-state index contributed by atoms with van der Waals surface area (Å²) in [6, 6.07) is 6.53. The van der Waals surface area contributed by atoms with Crippen LogP contribution in [0.15, 0.2) is 24.3 Å². The number of rotatable bonds is 11. The van der Waals surface area contributed by atoms with Crippen molar-refractivity contribution in [3.63, 3.8) is 0 Å². The molecule has 1 amide bonds. The fraction of sp³-hybridized carbons (Fsp3) is 0.421. The van der Waals surface area contributed by atoms with Crippen molar-refractivity contribution >= 4 is 23.3 Å². The molecular weight excluding hydrogens is 411 g/mol. The van der Waals surface area contributed by atoms with Crippen LogP contribution >= 0.6 is 11.6 Å². The van der Waals surface area contributed by atoms with E-state index < -0.39 is 0 Å². The fourth-order valence-electron chi connectivity index (χ4n) is 2.87. The first kappa shape index (κ1) is 21.7. The van der Waals surface area contributed by atoms with Crippen molar-refractivity contribution in [3.05, 3.63) is 52.4 Å². The van der Waals surface area contributed by atoms with E-state index in [0.29, 0.717) is 55.4 Å². The highest BCUT2D eigenvalue weighted by molar-refractivity contribution is 6.28. The van der Waals surface area contributed by atoms with Crippen molar-refractivity contribution in [2.24, 2.45) is 0 Å². The lowest BCUT2D eigenvalue weighted by molar-refractivity contribution is 0.0949. The fourth-order valence-corrected chi connectivity index (χ4v) is 3.05. The van der Waals surface area contributed by atoms with E-state index in [0.717, 1.165) is 12.8 Å². The van der Waals surface area contributed by atoms with E-state index in [-0.39, 0.29) is 17.0 Å². The largest absolute Gasteiger partial charge is 0.368 e. The summed E-state index contributed by atoms with van der Waals surface area (Å²) in [6.45, 7) is 3.69. The first-order valence-corrected chi connectivity index (χ1v) is 10.2. The van der Waals surface area contributed by atoms with Gasteiger partial charge >= 0.3 is 0 Å². The normalized spacial score (nSPS) is 10.9. The number of nitrogens with one attached hydrogen (secondary N) is 3. The number of halogens is 2. The molecule has 0 saturated heterocycles. The van der Waals surface area contributed by atoms with Crippen LogP contribution in [0.2, 0.25) is 5.28 Å². The molecule has 0 spiro atoms. The van der Waals surface area contributed by atoms with E-state index in [1.54, 1.807) is 22.9 Å². The molecule has 0 fully saturated rings. The average molecular weight is 435 g/mol. The zero-order valence-electron chi connectivity index (χ0n) is 16.7. The Labute approximate surface area is 178 Å². The number of H-pyrrole nitrogens is 1. The van der Waals surface area contributed by atoms with Gasteiger partial charge in [0.15, 0.2) is 11.6 Å². The van der Waals surface area contributed by atoms with Crippen molar-refractivity contribution in [2.45, 2.75) is 39.2 Å². The number of carbonyl (C=O) groups excluding carboxylic acids is 1. The molecule has 11 heteroatoms. The molecule has 0 atom stereocenters. The number of imidazole rings is 1. The summed E-state index contributed by atoms with van der Waals surface area (Å²) >= 11 is 5.91. The number of aryl methyl sites for hydroxylation is 1. The van der Waals surface area contributed by atoms with Gasteiger partial charge in [0, 0.05) is 26.1 Å². The summed E-state index contributed by atoms with van der Waals surface area (Å²) in [5.74, 6) is 0.422. The van der Waals surface area contributed by atoms with Gasteiger partial charge < -0.3 is 15.6 Å². The molecule has 0 saturated carbocycles. The summed E-state index contributed by atoms with van der Waals surface area (Å²) < 4.78 is 15.5. The Morgan fingerprint density at radius 1 is 1.27 bits per heavy atom. The van der Waals surface area contributed by atoms with Crippen molar-refractivity contribution < 1.29 is 9.18 Å². The van der Waals surface area contributed by atoms with Gasteiger partial charge in [0.05, 0.1) is 0 Å². The van der Waals surface area contributed by atoms with Crippen molar-refractivity contribution in [1.29, 1.82) is 0 Å². The predicted molar refractivity (Wildman–Crippen MR) is 111 cm³/mol. The molecule has 2 aromatic heterocycles. The van der Waals surface area contributed by atoms with Crippen LogP contribution < -0.4 is 10.6 Å². The SMILES string of the molecule is CCCCNc1nc(Cl)[nH]c1C(=O)NCCCn1nnnc1Cc1ccccc1F. The van der Waals surface area contributed by atoms with Gasteiger partial charge in [-0.2, -0.15) is 0 Å². The number of benzene rings is 1. The Hall–Kier alpha value is -3.01. The predicted octanol–water partition coefficient (Wildman–Crippen LogP) is 2.81. The standard InChI is InChI=1S/C19H24ClFN8O/c1-2-3-9-22-17-16(24-19(20)25-17)18(30)23-10-6-11-29-15(26-27-28-29)12-13-7-4-5-8-14(13)21/h4-5,7-8,22H,2-3,6,9-12H2,1H3,(H,23,30)(H,24,25). The van der Waals surface area contributed by atoms with Crippen LogP contribution in [0.5, 0.6) is 0 Å². The number of hydrogen-bond acceptors (Lipinski definition) is 6. The Morgan fingerprint density at radius 2 is 2.10 bits per heavy atom. The van der Waals surface area contributed by atoms with Crippen LogP contribution in [0.4, 0.5) is 10.2 Å². The van der Waals surface area contributed by atoms with Gasteiger partial charge in [-0.1, -0.05) is 31.5 Å². The lowest BCUT2D eigenvalue weighted by Gasteiger charge is -2.08. The molecule has 3 N–H and O–H groups in total. The number of aromatic nitrogens is 6. The lowest BCUT2D eigenvalue weighted by atomic mass is 10.1. The second-order valence-electron chi connectivity index (χ2n) is 6.73. The van der Waals surface area contributed by atoms with Gasteiger partial charge in [-0.3, -0.25) is 4.79 Å². The minimum Gasteiger partial charge on any atom is -0.368 e. The van der Waals surface area contributed by atoms with E-state index in [9.17, 15) is 9.18 Å². The van der Waals surface area contributed by atoms with Gasteiger partial charge in [-0.15, -0.1) is 5.10 Å². The molecule has 0 aliphatic rings. The van der Waals surface area contributed by atoms with Gasteiger partial charge in [0.2, 0.25) is 5.28 Å². The van der Waals surface area contributed by atoms with E-state index in [1.807, 2.05) is 0 Å². The number of unbranched alkanes of at least 4 members (excludes halogenated alkanes) is 1. The molecule has 160 valence electrons. The van der Waals surface area contributed by atoms with Crippen LogP contribution in [0.1, 0.15) is 48.1 Å². The number of nitrogens with zero attached hydrogens (tertiary/aromatic N) is 5. The van der Waals surface area contributed by atoms with Crippen molar-refractivity contribution in [3.8, 4) is 0 Å². The molecule has 0 unspecified atom stereocenters. The maximum atomic E-state index is 13.9. The number of amides is 1. The van der Waals surface area contributed by atoms with Crippen LogP contribution in [0, 0.1) is 5.82 Å². The molecule has 0 radical (unpaired) electrons. The zero-order chi connectivity index (χ0) is 21.3. The molecule has 1 aromatic carbocycles. The molecule has 2 heterocycles. The highest BCUT2D eigenvalue weighted by Crippen LogP contribution is 2.16. The minimum absolute atomic E-state index is 0.158. The van der Waals surface area contributed by atoms with Gasteiger partial charge in [-0.05, 0) is 46.5 Å². The molecule has 30 heavy (non-hydrogen) atoms. The first-order chi connectivity index (χ1) is 14.6. The quantitative estimate of drug-likeness (QED) is 0.400. The second-order valence-corrected chi connectivity index (χ2v) is 7.09. The van der Waals surface area contributed by atoms with E-state index in [2.05, 4.69) is 43.1 Å². The Balaban J connectivity index is 1.50. The molecular formula is C19H24ClFN8O. The van der Waals surface area contributed by atoms with E-state index >= 15 is 0 Å². The Morgan fingerprint density at radius 3 is 2.90 bits per heavy atom. The lowest BCUT2D eigenvalue weighted by Crippen LogP contribution is -2.27. The number of carbonyl (C=O) groups is 1. The Kier molecular flexibility index (Phi) is 7.72. The smallest absolute Gasteiger partial charge is 0.271 e. The monoisotopic (exact) mass is 434 g/mol. The summed E-state index contributed by atoms with van der Waals surface area (Å²) in [6.07, 6.45) is 2.89. The number of anilines is 1. The van der Waals surface area contributed by atoms with Crippen LogP contribution in [-0.4, -0.2) is 49.2 Å². The van der Waals surface area contributed by atoms with Crippen LogP contribution in [0.25, 0.3) is 0 Å². The van der Waals surface area contributed by atoms with Crippen LogP contribution in [-0.2, 0) is 13.0 Å². The average Bonchev–Trinajstić information content (AvgIpc) is 3.33. The zero-order valence-corrected chi connectivity index (χ0v) is 17.4. The molecule has 0 bridgehead atoms. The molecule has 3 aromatic rings. The third-order valence-corrected chi connectivity index (χ3v) is 4.65. The molecule has 9 nitrogen and oxygen atoms in total. The highest BCUT2D eigenvalue weighted by atomic mass is 35.5. The maximum Gasteiger partial charge on any atom is 0.271 e. The molecule has 0 aliphatic carbocycles. The topological polar surface area (TPSA) is 113 Å². The maximum absolute atomic E-state index is 13.9. The third kappa shape index (κ3) is 5.76. The van der Waals surface area contributed by atoms with E-state index in [4.69, 9.17) is 11.6 Å². The van der Waals surface area contributed by atoms with Gasteiger partial charge in [-0.25, -0.2) is 14.1 Å². The van der Waals surface area contributed by atoms with Crippen molar-refractivity contribution in [2.75, 3.05) is 18.4 Å². The minimum atomic E-state index is -0.295. The summed E-state index contributed by atoms with van der Waals surface area (Å²) in [4.78, 5) is 19.3. The highest BCUT2D eigenvalue weighted by Gasteiger charge is 2.16. The van der Waals surface area contributed by atoms with E-state index in [1.165, 1.54) is 6.07 Å². The molecule has 0 aliphatic heterocycles. The first-order valence-electron chi connectivity index (χ1n) is 9.84. The third-order valence-electron chi connectivity index (χ3n) is 4.47.